The van der Waals surface area contributed by atoms with Gasteiger partial charge in [0.1, 0.15) is 6.07 Å². The number of aromatic nitrogens is 2. The third-order valence-electron chi connectivity index (χ3n) is 4.74. The Balaban J connectivity index is 1.99. The molecule has 4 rings (SSSR count). The highest BCUT2D eigenvalue weighted by atomic mass is 35.5. The minimum Gasteiger partial charge on any atom is -0.504 e. The van der Waals surface area contributed by atoms with E-state index in [2.05, 4.69) is 11.2 Å². The minimum atomic E-state index is -1.01. The first-order valence-corrected chi connectivity index (χ1v) is 9.60. The van der Waals surface area contributed by atoms with Gasteiger partial charge in [0.2, 0.25) is 5.88 Å². The second-order valence-corrected chi connectivity index (χ2v) is 7.50. The van der Waals surface area contributed by atoms with Crippen LogP contribution < -0.4 is 15.2 Å². The fraction of sp³-hybridized carbons (Fsp3) is 0.143. The highest BCUT2D eigenvalue weighted by Gasteiger charge is 2.33. The van der Waals surface area contributed by atoms with Gasteiger partial charge < -0.3 is 14.6 Å². The standard InChI is InChI=1S/C21H16Cl2N4O3/c1-10-18-19(11-3-4-16(28)17(5-11)29-2)15(9-24)20(25)30-21(18)27(26-10)14-7-12(22)6-13(23)8-14/h3-8,20,28H,25H2,1-2H3. The number of halogens is 2. The van der Waals surface area contributed by atoms with Crippen molar-refractivity contribution in [3.05, 3.63) is 68.8 Å². The summed E-state index contributed by atoms with van der Waals surface area (Å²) in [6, 6.07) is 12.0. The van der Waals surface area contributed by atoms with Crippen LogP contribution in [-0.4, -0.2) is 28.2 Å². The van der Waals surface area contributed by atoms with Crippen molar-refractivity contribution in [1.82, 2.24) is 9.78 Å². The van der Waals surface area contributed by atoms with Crippen molar-refractivity contribution in [1.29, 1.82) is 5.26 Å². The summed E-state index contributed by atoms with van der Waals surface area (Å²) in [5.41, 5.74) is 9.41. The number of ether oxygens (including phenoxy) is 2. The number of rotatable bonds is 3. The molecular weight excluding hydrogens is 427 g/mol. The lowest BCUT2D eigenvalue weighted by Gasteiger charge is -2.25. The van der Waals surface area contributed by atoms with Crippen LogP contribution >= 0.6 is 23.2 Å². The molecule has 0 fully saturated rings. The maximum Gasteiger partial charge on any atom is 0.226 e. The SMILES string of the molecule is COc1cc(C2=C(C#N)C(N)Oc3c2c(C)nn3-c2cc(Cl)cc(Cl)c2)ccc1O. The predicted octanol–water partition coefficient (Wildman–Crippen LogP) is 4.20. The summed E-state index contributed by atoms with van der Waals surface area (Å²) in [6.07, 6.45) is -1.01. The fourth-order valence-corrected chi connectivity index (χ4v) is 3.96. The van der Waals surface area contributed by atoms with Crippen LogP contribution in [0.5, 0.6) is 17.4 Å². The molecule has 0 saturated heterocycles. The zero-order valence-electron chi connectivity index (χ0n) is 16.0. The second-order valence-electron chi connectivity index (χ2n) is 6.63. The fourth-order valence-electron chi connectivity index (χ4n) is 3.45. The van der Waals surface area contributed by atoms with Gasteiger partial charge in [-0.15, -0.1) is 0 Å². The van der Waals surface area contributed by atoms with Crippen molar-refractivity contribution in [2.45, 2.75) is 13.2 Å². The Bertz CT molecular complexity index is 1220. The molecule has 3 N–H and O–H groups in total. The summed E-state index contributed by atoms with van der Waals surface area (Å²) in [4.78, 5) is 0. The molecule has 1 aromatic heterocycles. The second kappa shape index (κ2) is 7.58. The first-order chi connectivity index (χ1) is 14.3. The van der Waals surface area contributed by atoms with Crippen molar-refractivity contribution in [2.24, 2.45) is 5.73 Å². The van der Waals surface area contributed by atoms with Gasteiger partial charge in [-0.2, -0.15) is 10.4 Å². The number of aryl methyl sites for hydroxylation is 1. The van der Waals surface area contributed by atoms with Gasteiger partial charge in [-0.05, 0) is 42.8 Å². The number of nitriles is 1. The normalized spacial score (nSPS) is 15.4. The Labute approximate surface area is 182 Å². The lowest BCUT2D eigenvalue weighted by atomic mass is 9.91. The van der Waals surface area contributed by atoms with Crippen molar-refractivity contribution >= 4 is 28.8 Å². The monoisotopic (exact) mass is 442 g/mol. The molecule has 1 unspecified atom stereocenters. The van der Waals surface area contributed by atoms with Gasteiger partial charge in [0.15, 0.2) is 17.7 Å². The van der Waals surface area contributed by atoms with Crippen LogP contribution in [-0.2, 0) is 0 Å². The van der Waals surface area contributed by atoms with E-state index in [0.29, 0.717) is 44.0 Å². The summed E-state index contributed by atoms with van der Waals surface area (Å²) in [5.74, 6) is 0.614. The number of phenols is 1. The molecule has 0 spiro atoms. The predicted molar refractivity (Wildman–Crippen MR) is 113 cm³/mol. The Hall–Kier alpha value is -3.18. The summed E-state index contributed by atoms with van der Waals surface area (Å²) < 4.78 is 12.7. The van der Waals surface area contributed by atoms with E-state index in [9.17, 15) is 10.4 Å². The molecule has 1 atom stereocenters. The highest BCUT2D eigenvalue weighted by molar-refractivity contribution is 6.34. The maximum absolute atomic E-state index is 9.97. The number of nitrogens with zero attached hydrogens (tertiary/aromatic N) is 3. The topological polar surface area (TPSA) is 106 Å². The van der Waals surface area contributed by atoms with Gasteiger partial charge in [0.25, 0.3) is 0 Å². The average molecular weight is 443 g/mol. The Morgan fingerprint density at radius 1 is 1.23 bits per heavy atom. The molecule has 0 amide bonds. The third-order valence-corrected chi connectivity index (χ3v) is 5.18. The number of phenolic OH excluding ortho intramolecular Hbond substituents is 1. The smallest absolute Gasteiger partial charge is 0.226 e. The number of nitrogens with two attached hydrogens (primary N) is 1. The zero-order chi connectivity index (χ0) is 21.6. The molecule has 0 aliphatic carbocycles. The molecule has 9 heteroatoms. The number of benzene rings is 2. The van der Waals surface area contributed by atoms with Crippen molar-refractivity contribution in [2.75, 3.05) is 7.11 Å². The number of hydrogen-bond donors (Lipinski definition) is 2. The van der Waals surface area contributed by atoms with Crippen molar-refractivity contribution < 1.29 is 14.6 Å². The molecule has 0 bridgehead atoms. The zero-order valence-corrected chi connectivity index (χ0v) is 17.5. The highest BCUT2D eigenvalue weighted by Crippen LogP contribution is 2.43. The first kappa shape index (κ1) is 20.1. The van der Waals surface area contributed by atoms with E-state index in [4.69, 9.17) is 38.4 Å². The summed E-state index contributed by atoms with van der Waals surface area (Å²) >= 11 is 12.3. The van der Waals surface area contributed by atoms with E-state index in [1.165, 1.54) is 13.2 Å². The molecule has 2 heterocycles. The van der Waals surface area contributed by atoms with Crippen molar-refractivity contribution in [3.8, 4) is 29.1 Å². The molecule has 0 saturated carbocycles. The molecular formula is C21H16Cl2N4O3. The van der Waals surface area contributed by atoms with Crippen LogP contribution in [0, 0.1) is 18.3 Å². The Kier molecular flexibility index (Phi) is 5.08. The van der Waals surface area contributed by atoms with Gasteiger partial charge in [-0.25, -0.2) is 4.68 Å². The molecule has 0 radical (unpaired) electrons. The molecule has 2 aromatic carbocycles. The number of methoxy groups -OCH3 is 1. The van der Waals surface area contributed by atoms with E-state index < -0.39 is 6.23 Å². The lowest BCUT2D eigenvalue weighted by molar-refractivity contribution is 0.228. The first-order valence-electron chi connectivity index (χ1n) is 8.84. The maximum atomic E-state index is 9.97. The molecule has 152 valence electrons. The Morgan fingerprint density at radius 2 is 1.93 bits per heavy atom. The van der Waals surface area contributed by atoms with Crippen LogP contribution in [0.2, 0.25) is 10.0 Å². The van der Waals surface area contributed by atoms with Gasteiger partial charge >= 0.3 is 0 Å². The lowest BCUT2D eigenvalue weighted by Crippen LogP contribution is -2.33. The summed E-state index contributed by atoms with van der Waals surface area (Å²) in [5, 5.41) is 25.2. The number of hydrogen-bond acceptors (Lipinski definition) is 6. The minimum absolute atomic E-state index is 0.0158. The van der Waals surface area contributed by atoms with E-state index in [0.717, 1.165) is 0 Å². The third kappa shape index (κ3) is 3.25. The van der Waals surface area contributed by atoms with Crippen LogP contribution in [0.3, 0.4) is 0 Å². The van der Waals surface area contributed by atoms with E-state index in [-0.39, 0.29) is 17.1 Å². The van der Waals surface area contributed by atoms with Crippen LogP contribution in [0.1, 0.15) is 16.8 Å². The molecule has 30 heavy (non-hydrogen) atoms. The van der Waals surface area contributed by atoms with Gasteiger partial charge in [0, 0.05) is 15.6 Å². The number of fused-ring (bicyclic) bond motifs is 1. The van der Waals surface area contributed by atoms with E-state index in [1.807, 2.05) is 0 Å². The summed E-state index contributed by atoms with van der Waals surface area (Å²) in [7, 11) is 1.45. The van der Waals surface area contributed by atoms with Gasteiger partial charge in [-0.3, -0.25) is 5.73 Å². The van der Waals surface area contributed by atoms with E-state index in [1.54, 1.807) is 41.9 Å². The van der Waals surface area contributed by atoms with Crippen LogP contribution in [0.25, 0.3) is 11.3 Å². The Morgan fingerprint density at radius 3 is 2.57 bits per heavy atom. The quantitative estimate of drug-likeness (QED) is 0.629. The van der Waals surface area contributed by atoms with E-state index >= 15 is 0 Å². The van der Waals surface area contributed by atoms with Gasteiger partial charge in [0.05, 0.1) is 29.6 Å². The van der Waals surface area contributed by atoms with Crippen LogP contribution in [0.15, 0.2) is 42.0 Å². The largest absolute Gasteiger partial charge is 0.504 e. The molecule has 3 aromatic rings. The van der Waals surface area contributed by atoms with Crippen molar-refractivity contribution in [3.63, 3.8) is 0 Å². The number of aromatic hydroxyl groups is 1. The molecule has 1 aliphatic heterocycles. The van der Waals surface area contributed by atoms with Gasteiger partial charge in [-0.1, -0.05) is 29.3 Å². The average Bonchev–Trinajstić information content (AvgIpc) is 3.02. The molecule has 1 aliphatic rings. The molecule has 7 nitrogen and oxygen atoms in total. The van der Waals surface area contributed by atoms with Crippen LogP contribution in [0.4, 0.5) is 0 Å². The summed E-state index contributed by atoms with van der Waals surface area (Å²) in [6.45, 7) is 1.80.